The number of rotatable bonds is 6. The van der Waals surface area contributed by atoms with Crippen molar-refractivity contribution in [2.24, 2.45) is 0 Å². The van der Waals surface area contributed by atoms with Crippen LogP contribution < -0.4 is 9.80 Å². The van der Waals surface area contributed by atoms with E-state index in [9.17, 15) is 13.2 Å². The summed E-state index contributed by atoms with van der Waals surface area (Å²) in [4.78, 5) is 16.0. The molecule has 3 unspecified atom stereocenters. The largest absolute Gasteiger partial charge is 0.444 e. The summed E-state index contributed by atoms with van der Waals surface area (Å²) in [6.45, 7) is 0.326. The lowest BCUT2D eigenvalue weighted by molar-refractivity contribution is 0.137. The third-order valence-corrected chi connectivity index (χ3v) is 8.72. The number of carbonyl (C=O) groups excluding carboxylic acids is 1. The van der Waals surface area contributed by atoms with E-state index in [0.29, 0.717) is 42.8 Å². The molecule has 3 atom stereocenters. The van der Waals surface area contributed by atoms with Crippen molar-refractivity contribution >= 4 is 39.3 Å². The highest BCUT2D eigenvalue weighted by molar-refractivity contribution is 7.99. The van der Waals surface area contributed by atoms with Gasteiger partial charge in [-0.2, -0.15) is 20.2 Å². The maximum absolute atomic E-state index is 15.1. The predicted molar refractivity (Wildman–Crippen MR) is 125 cm³/mol. The molecule has 3 heterocycles. The van der Waals surface area contributed by atoms with Crippen LogP contribution in [0.15, 0.2) is 47.4 Å². The highest BCUT2D eigenvalue weighted by Crippen LogP contribution is 2.40. The number of cyclic esters (lactones) is 1. The number of halogens is 1. The molecule has 0 spiro atoms. The van der Waals surface area contributed by atoms with Gasteiger partial charge in [0.15, 0.2) is 0 Å². The molecule has 2 bridgehead atoms. The minimum absolute atomic E-state index is 0.161. The van der Waals surface area contributed by atoms with Gasteiger partial charge in [0.2, 0.25) is 0 Å². The molecule has 2 aromatic carbocycles. The summed E-state index contributed by atoms with van der Waals surface area (Å²) in [6, 6.07) is 11.7. The van der Waals surface area contributed by atoms with Gasteiger partial charge < -0.3 is 9.64 Å². The van der Waals surface area contributed by atoms with Crippen LogP contribution in [0.1, 0.15) is 24.8 Å². The molecule has 1 amide bonds. The summed E-state index contributed by atoms with van der Waals surface area (Å²) in [5.74, 6) is 1.73. The second kappa shape index (κ2) is 8.81. The first-order chi connectivity index (χ1) is 15.8. The molecular weight excluding hydrogens is 467 g/mol. The van der Waals surface area contributed by atoms with E-state index in [2.05, 4.69) is 4.90 Å². The summed E-state index contributed by atoms with van der Waals surface area (Å²) in [6.07, 6.45) is 2.46. The molecule has 0 aliphatic carbocycles. The zero-order chi connectivity index (χ0) is 23.2. The van der Waals surface area contributed by atoms with Crippen LogP contribution in [0.5, 0.6) is 0 Å². The van der Waals surface area contributed by atoms with Gasteiger partial charge in [-0.15, -0.1) is 0 Å². The number of hydrogen-bond donors (Lipinski definition) is 1. The minimum Gasteiger partial charge on any atom is -0.444 e. The molecule has 3 aliphatic heterocycles. The van der Waals surface area contributed by atoms with E-state index in [-0.39, 0.29) is 16.8 Å². The quantitative estimate of drug-likeness (QED) is 0.607. The first-order valence-corrected chi connectivity index (χ1v) is 13.6. The van der Waals surface area contributed by atoms with Crippen LogP contribution >= 0.6 is 11.8 Å². The van der Waals surface area contributed by atoms with Gasteiger partial charge >= 0.3 is 6.09 Å². The van der Waals surface area contributed by atoms with Crippen molar-refractivity contribution in [2.45, 2.75) is 48.8 Å². The van der Waals surface area contributed by atoms with E-state index in [1.165, 1.54) is 23.1 Å². The monoisotopic (exact) mass is 492 g/mol. The number of amides is 1. The second-order valence-electron chi connectivity index (χ2n) is 8.74. The molecule has 33 heavy (non-hydrogen) atoms. The molecule has 10 heteroatoms. The van der Waals surface area contributed by atoms with Crippen molar-refractivity contribution in [3.8, 4) is 0 Å². The molecule has 3 saturated heterocycles. The first kappa shape index (κ1) is 22.5. The van der Waals surface area contributed by atoms with E-state index < -0.39 is 16.2 Å². The Morgan fingerprint density at radius 1 is 1.09 bits per heavy atom. The van der Waals surface area contributed by atoms with E-state index in [0.717, 1.165) is 29.9 Å². The average molecular weight is 493 g/mol. The molecule has 0 radical (unpaired) electrons. The Morgan fingerprint density at radius 3 is 2.42 bits per heavy atom. The fraction of sp³-hybridized carbons (Fsp3) is 0.435. The van der Waals surface area contributed by atoms with Crippen molar-refractivity contribution < 1.29 is 26.9 Å². The lowest BCUT2D eigenvalue weighted by atomic mass is 10.1. The Hall–Kier alpha value is -2.30. The third-order valence-electron chi connectivity index (χ3n) is 6.61. The molecule has 3 aliphatic rings. The molecule has 0 saturated carbocycles. The Bertz CT molecular complexity index is 1140. The fourth-order valence-corrected chi connectivity index (χ4v) is 6.75. The number of aryl methyl sites for hydroxylation is 1. The number of nitrogens with zero attached hydrogens (tertiary/aromatic N) is 2. The van der Waals surface area contributed by atoms with Crippen molar-refractivity contribution in [3.05, 3.63) is 53.8 Å². The topological polar surface area (TPSA) is 87.1 Å². The first-order valence-electron chi connectivity index (χ1n) is 11.0. The molecular formula is C23H25FN2O5S2. The smallest absolute Gasteiger partial charge is 0.414 e. The number of fused-ring (bicyclic) bond motifs is 2. The molecule has 5 rings (SSSR count). The van der Waals surface area contributed by atoms with Crippen LogP contribution in [0.4, 0.5) is 20.6 Å². The van der Waals surface area contributed by atoms with E-state index in [1.807, 2.05) is 11.8 Å². The maximum Gasteiger partial charge on any atom is 0.414 e. The number of hydrogen-bond acceptors (Lipinski definition) is 6. The molecule has 3 fully saturated rings. The van der Waals surface area contributed by atoms with Gasteiger partial charge in [0.1, 0.15) is 11.9 Å². The molecule has 176 valence electrons. The van der Waals surface area contributed by atoms with Gasteiger partial charge in [0.25, 0.3) is 10.1 Å². The van der Waals surface area contributed by atoms with Crippen molar-refractivity contribution in [1.29, 1.82) is 0 Å². The Kier molecular flexibility index (Phi) is 6.00. The van der Waals surface area contributed by atoms with E-state index >= 15 is 4.39 Å². The minimum atomic E-state index is -4.22. The van der Waals surface area contributed by atoms with Gasteiger partial charge in [-0.25, -0.2) is 9.18 Å². The highest BCUT2D eigenvalue weighted by Gasteiger charge is 2.39. The normalized spacial score (nSPS) is 24.9. The average Bonchev–Trinajstić information content (AvgIpc) is 3.26. The molecule has 7 nitrogen and oxygen atoms in total. The van der Waals surface area contributed by atoms with Gasteiger partial charge in [0, 0.05) is 23.6 Å². The third kappa shape index (κ3) is 4.56. The van der Waals surface area contributed by atoms with Gasteiger partial charge in [0.05, 0.1) is 22.8 Å². The van der Waals surface area contributed by atoms with Crippen molar-refractivity contribution in [2.75, 3.05) is 27.9 Å². The summed E-state index contributed by atoms with van der Waals surface area (Å²) in [5, 5.41) is 0. The van der Waals surface area contributed by atoms with Crippen molar-refractivity contribution in [1.82, 2.24) is 0 Å². The summed E-state index contributed by atoms with van der Waals surface area (Å²) in [7, 11) is -4.22. The van der Waals surface area contributed by atoms with Crippen LogP contribution in [-0.2, 0) is 21.3 Å². The number of benzene rings is 2. The lowest BCUT2D eigenvalue weighted by Gasteiger charge is -2.36. The van der Waals surface area contributed by atoms with Crippen molar-refractivity contribution in [3.63, 3.8) is 0 Å². The lowest BCUT2D eigenvalue weighted by Crippen LogP contribution is -2.43. The molecule has 2 aromatic rings. The van der Waals surface area contributed by atoms with Gasteiger partial charge in [-0.3, -0.25) is 9.45 Å². The van der Waals surface area contributed by atoms with Crippen LogP contribution in [0, 0.1) is 5.82 Å². The number of thioether (sulfide) groups is 1. The summed E-state index contributed by atoms with van der Waals surface area (Å²) >= 11 is 1.94. The molecule has 1 N–H and O–H groups in total. The standard InChI is InChI=1S/C23H25FN2O5S2/c24-21-11-16(6-10-22(21)26-17-4-5-18(26)14-32-13-17)25-12-19(31-23(25)27)7-1-15-2-8-20(9-3-15)33(28,29)30/h2-3,6,8-11,17-19H,1,4-5,7,12-14H2,(H,28,29,30). The van der Waals surface area contributed by atoms with Gasteiger partial charge in [-0.05, 0) is 61.6 Å². The predicted octanol–water partition coefficient (Wildman–Crippen LogP) is 4.11. The number of carbonyl (C=O) groups is 1. The van der Waals surface area contributed by atoms with Crippen LogP contribution in [-0.4, -0.2) is 55.3 Å². The Balaban J connectivity index is 1.23. The van der Waals surface area contributed by atoms with E-state index in [1.54, 1.807) is 24.3 Å². The number of ether oxygens (including phenoxy) is 1. The summed E-state index contributed by atoms with van der Waals surface area (Å²) in [5.41, 5.74) is 1.96. The SMILES string of the molecule is O=C1OC(CCc2ccc(S(=O)(=O)O)cc2)CN1c1ccc(N2C3CCC2CSC3)c(F)c1. The fourth-order valence-electron chi connectivity index (χ4n) is 4.93. The van der Waals surface area contributed by atoms with Gasteiger partial charge in [-0.1, -0.05) is 12.1 Å². The Morgan fingerprint density at radius 2 is 1.79 bits per heavy atom. The highest BCUT2D eigenvalue weighted by atomic mass is 32.2. The molecule has 0 aromatic heterocycles. The maximum atomic E-state index is 15.1. The number of anilines is 2. The Labute approximate surface area is 196 Å². The summed E-state index contributed by atoms with van der Waals surface area (Å²) < 4.78 is 51.9. The van der Waals surface area contributed by atoms with Crippen LogP contribution in [0.25, 0.3) is 0 Å². The van der Waals surface area contributed by atoms with Crippen LogP contribution in [0.3, 0.4) is 0 Å². The zero-order valence-electron chi connectivity index (χ0n) is 17.9. The van der Waals surface area contributed by atoms with E-state index in [4.69, 9.17) is 9.29 Å². The zero-order valence-corrected chi connectivity index (χ0v) is 19.5. The van der Waals surface area contributed by atoms with Crippen LogP contribution in [0.2, 0.25) is 0 Å². The second-order valence-corrected chi connectivity index (χ2v) is 11.2.